The van der Waals surface area contributed by atoms with Crippen LogP contribution in [-0.4, -0.2) is 105 Å². The van der Waals surface area contributed by atoms with Crippen LogP contribution in [0.3, 0.4) is 0 Å². The number of carboxylic acid groups (broad SMARTS) is 1. The predicted molar refractivity (Wildman–Crippen MR) is 225 cm³/mol. The third-order valence-electron chi connectivity index (χ3n) is 9.89. The minimum absolute atomic E-state index is 0.177. The molecule has 4 atom stereocenters. The summed E-state index contributed by atoms with van der Waals surface area (Å²) < 4.78 is 13.2. The van der Waals surface area contributed by atoms with Gasteiger partial charge in [0, 0.05) is 55.7 Å². The Balaban J connectivity index is 2.57. The van der Waals surface area contributed by atoms with Gasteiger partial charge in [0.05, 0.1) is 6.04 Å². The first-order chi connectivity index (χ1) is 26.3. The van der Waals surface area contributed by atoms with Crippen LogP contribution in [0.4, 0.5) is 4.79 Å². The van der Waals surface area contributed by atoms with E-state index in [4.69, 9.17) is 9.47 Å². The van der Waals surface area contributed by atoms with Gasteiger partial charge in [0.1, 0.15) is 29.3 Å². The summed E-state index contributed by atoms with van der Waals surface area (Å²) in [6, 6.07) is 3.72. The highest BCUT2D eigenvalue weighted by Crippen LogP contribution is 2.37. The van der Waals surface area contributed by atoms with Gasteiger partial charge in [-0.05, 0) is 77.8 Å². The van der Waals surface area contributed by atoms with Crippen LogP contribution in [0.15, 0.2) is 42.1 Å². The quantitative estimate of drug-likeness (QED) is 0.137. The average Bonchev–Trinajstić information content (AvgIpc) is 3.41. The molecule has 0 aliphatic carbocycles. The molecule has 0 radical (unpaired) electrons. The maximum Gasteiger partial charge on any atom is 0.410 e. The van der Waals surface area contributed by atoms with Gasteiger partial charge in [-0.2, -0.15) is 0 Å². The highest BCUT2D eigenvalue weighted by atomic mass is 16.6. The lowest BCUT2D eigenvalue weighted by atomic mass is 9.76. The Morgan fingerprint density at radius 3 is 1.90 bits per heavy atom. The molecule has 1 aromatic carbocycles. The van der Waals surface area contributed by atoms with Gasteiger partial charge in [0.25, 0.3) is 0 Å². The molecule has 0 unspecified atom stereocenters. The standard InChI is InChI=1S/C44H69N5O9/c1-26(2)32(24-27(3)36(52)45-30(22-23-33(50)51)39(55)57-42(7,8)9)48(16)38(54)34(41(4,5)6)46-37(53)35(49(17)40(56)58-43(10,11)12)44(13,14)29-25-47(15)31-21-19-18-20-28(29)31/h18-21,24-26,30,32,34-35H,22-23H2,1-17H3,(H,45,52)(H,46,53)(H,50,51)/b27-24+/t30-,32+,34+,35+/m0/s1. The van der Waals surface area contributed by atoms with Gasteiger partial charge >= 0.3 is 18.0 Å². The number of carboxylic acids is 1. The molecular formula is C44H69N5O9. The molecule has 0 aliphatic rings. The van der Waals surface area contributed by atoms with Crippen molar-refractivity contribution in [3.8, 4) is 0 Å². The van der Waals surface area contributed by atoms with Crippen LogP contribution in [0.2, 0.25) is 0 Å². The molecule has 324 valence electrons. The van der Waals surface area contributed by atoms with Crippen molar-refractivity contribution in [1.29, 1.82) is 0 Å². The van der Waals surface area contributed by atoms with E-state index in [1.54, 1.807) is 61.6 Å². The molecule has 14 nitrogen and oxygen atoms in total. The number of ether oxygens (including phenoxy) is 2. The van der Waals surface area contributed by atoms with Crippen LogP contribution in [0.25, 0.3) is 10.9 Å². The van der Waals surface area contributed by atoms with E-state index in [9.17, 15) is 33.9 Å². The van der Waals surface area contributed by atoms with Crippen molar-refractivity contribution in [1.82, 2.24) is 25.0 Å². The van der Waals surface area contributed by atoms with Crippen molar-refractivity contribution in [2.45, 2.75) is 151 Å². The van der Waals surface area contributed by atoms with Gasteiger partial charge in [0.2, 0.25) is 17.7 Å². The lowest BCUT2D eigenvalue weighted by Crippen LogP contribution is -2.63. The Morgan fingerprint density at radius 2 is 1.40 bits per heavy atom. The Kier molecular flexibility index (Phi) is 16.0. The van der Waals surface area contributed by atoms with Crippen molar-refractivity contribution >= 4 is 46.7 Å². The molecule has 2 rings (SSSR count). The Hall–Kier alpha value is -4.88. The predicted octanol–water partition coefficient (Wildman–Crippen LogP) is 6.34. The molecule has 2 aromatic rings. The normalized spacial score (nSPS) is 14.9. The molecule has 0 fully saturated rings. The molecule has 3 N–H and O–H groups in total. The number of rotatable bonds is 15. The monoisotopic (exact) mass is 812 g/mol. The van der Waals surface area contributed by atoms with Crippen LogP contribution in [0.1, 0.15) is 115 Å². The number of aliphatic carboxylic acids is 1. The number of carbonyl (C=O) groups is 6. The zero-order chi connectivity index (χ0) is 44.9. The molecule has 14 heteroatoms. The first-order valence-electron chi connectivity index (χ1n) is 19.8. The largest absolute Gasteiger partial charge is 0.481 e. The zero-order valence-electron chi connectivity index (χ0n) is 37.8. The molecule has 1 heterocycles. The van der Waals surface area contributed by atoms with E-state index < -0.39 is 82.0 Å². The summed E-state index contributed by atoms with van der Waals surface area (Å²) in [7, 11) is 5.04. The Morgan fingerprint density at radius 1 is 0.845 bits per heavy atom. The van der Waals surface area contributed by atoms with Gasteiger partial charge in [-0.1, -0.05) is 72.7 Å². The van der Waals surface area contributed by atoms with Crippen molar-refractivity contribution in [3.05, 3.63) is 47.7 Å². The smallest absolute Gasteiger partial charge is 0.410 e. The topological polar surface area (TPSA) is 177 Å². The third-order valence-corrected chi connectivity index (χ3v) is 9.89. The number of amides is 4. The fraction of sp³-hybridized carbons (Fsp3) is 0.636. The number of likely N-dealkylation sites (N-methyl/N-ethyl adjacent to an activating group) is 2. The van der Waals surface area contributed by atoms with Gasteiger partial charge in [-0.15, -0.1) is 0 Å². The average molecular weight is 812 g/mol. The number of aryl methyl sites for hydroxylation is 1. The molecule has 58 heavy (non-hydrogen) atoms. The summed E-state index contributed by atoms with van der Waals surface area (Å²) in [6.07, 6.45) is 2.32. The van der Waals surface area contributed by atoms with E-state index >= 15 is 0 Å². The molecule has 0 saturated heterocycles. The van der Waals surface area contributed by atoms with Crippen molar-refractivity contribution in [2.24, 2.45) is 18.4 Å². The van der Waals surface area contributed by atoms with Gasteiger partial charge in [0.15, 0.2) is 0 Å². The summed E-state index contributed by atoms with van der Waals surface area (Å²) in [5.74, 6) is -3.72. The number of hydrogen-bond acceptors (Lipinski definition) is 8. The number of esters is 1. The summed E-state index contributed by atoms with van der Waals surface area (Å²) in [4.78, 5) is 83.7. The summed E-state index contributed by atoms with van der Waals surface area (Å²) in [5, 5.41) is 15.8. The van der Waals surface area contributed by atoms with E-state index in [0.717, 1.165) is 16.5 Å². The van der Waals surface area contributed by atoms with E-state index in [-0.39, 0.29) is 24.3 Å². The summed E-state index contributed by atoms with van der Waals surface area (Å²) in [5.41, 5.74) is -1.55. The zero-order valence-corrected chi connectivity index (χ0v) is 37.8. The molecule has 0 aliphatic heterocycles. The van der Waals surface area contributed by atoms with Crippen molar-refractivity contribution in [2.75, 3.05) is 14.1 Å². The highest BCUT2D eigenvalue weighted by molar-refractivity contribution is 5.97. The fourth-order valence-electron chi connectivity index (χ4n) is 6.89. The lowest BCUT2D eigenvalue weighted by molar-refractivity contribution is -0.158. The Labute approximate surface area is 345 Å². The molecule has 1 aromatic heterocycles. The highest BCUT2D eigenvalue weighted by Gasteiger charge is 2.47. The second-order valence-corrected chi connectivity index (χ2v) is 19.2. The summed E-state index contributed by atoms with van der Waals surface area (Å²) >= 11 is 0. The molecule has 0 saturated carbocycles. The van der Waals surface area contributed by atoms with Crippen LogP contribution in [-0.2, 0) is 45.9 Å². The maximum absolute atomic E-state index is 14.8. The fourth-order valence-corrected chi connectivity index (χ4v) is 6.89. The lowest BCUT2D eigenvalue weighted by Gasteiger charge is -2.42. The van der Waals surface area contributed by atoms with Crippen molar-refractivity contribution in [3.63, 3.8) is 0 Å². The Bertz CT molecular complexity index is 1860. The number of para-hydroxylation sites is 1. The minimum Gasteiger partial charge on any atom is -0.481 e. The van der Waals surface area contributed by atoms with Gasteiger partial charge in [-0.3, -0.25) is 24.1 Å². The maximum atomic E-state index is 14.8. The SMILES string of the molecule is C/C(=C\[C@H](C(C)C)N(C)C(=O)[C@@H](NC(=O)[C@@H](N(C)C(=O)OC(C)(C)C)C(C)(C)c1cn(C)c2ccccc12)C(C)(C)C)C(=O)N[C@@H](CCC(=O)O)C(=O)OC(C)(C)C. The number of carbonyl (C=O) groups excluding carboxylic acids is 5. The first-order valence-corrected chi connectivity index (χ1v) is 19.8. The second kappa shape index (κ2) is 18.8. The van der Waals surface area contributed by atoms with E-state index in [1.165, 1.54) is 16.8 Å². The van der Waals surface area contributed by atoms with Crippen LogP contribution < -0.4 is 10.6 Å². The van der Waals surface area contributed by atoms with Crippen molar-refractivity contribution < 1.29 is 43.3 Å². The van der Waals surface area contributed by atoms with E-state index in [0.29, 0.717) is 0 Å². The van der Waals surface area contributed by atoms with Crippen LogP contribution >= 0.6 is 0 Å². The number of aromatic nitrogens is 1. The third kappa shape index (κ3) is 13.1. The minimum atomic E-state index is -1.21. The van der Waals surface area contributed by atoms with Crippen LogP contribution in [0, 0.1) is 11.3 Å². The second-order valence-electron chi connectivity index (χ2n) is 19.2. The van der Waals surface area contributed by atoms with E-state index in [1.807, 2.05) is 90.5 Å². The molecule has 4 amide bonds. The molecule has 0 bridgehead atoms. The van der Waals surface area contributed by atoms with E-state index in [2.05, 4.69) is 10.6 Å². The van der Waals surface area contributed by atoms with Crippen LogP contribution in [0.5, 0.6) is 0 Å². The van der Waals surface area contributed by atoms with Gasteiger partial charge < -0.3 is 34.7 Å². The molecular weight excluding hydrogens is 743 g/mol. The number of nitrogens with one attached hydrogen (secondary N) is 2. The van der Waals surface area contributed by atoms with Gasteiger partial charge in [-0.25, -0.2) is 9.59 Å². The number of hydrogen-bond donors (Lipinski definition) is 3. The molecule has 0 spiro atoms. The first kappa shape index (κ1) is 49.3. The number of nitrogens with zero attached hydrogens (tertiary/aromatic N) is 3. The summed E-state index contributed by atoms with van der Waals surface area (Å²) in [6.45, 7) is 24.8. The number of benzene rings is 1. The number of fused-ring (bicyclic) bond motifs is 1.